The molecule has 6 rings (SSSR count). The van der Waals surface area contributed by atoms with Crippen molar-refractivity contribution in [3.05, 3.63) is 57.8 Å². The minimum Gasteiger partial charge on any atom is -0.410 e. The number of halogens is 1. The van der Waals surface area contributed by atoms with Gasteiger partial charge in [0.1, 0.15) is 34.5 Å². The highest BCUT2D eigenvalue weighted by atomic mass is 79.9. The SMILES string of the molecule is CC(=O)c1nn(CC(=O)N2[C@H](C(=O)Nc3nc(Br)ccc3C)C[C@@]3(C)C[C@@H]23)c2c3cc(cc12)OC(=O)NC/C=C\COC3. The molecule has 4 heterocycles. The molecule has 12 nitrogen and oxygen atoms in total. The van der Waals surface area contributed by atoms with E-state index in [-0.39, 0.29) is 60.2 Å². The van der Waals surface area contributed by atoms with Crippen LogP contribution in [0.3, 0.4) is 0 Å². The van der Waals surface area contributed by atoms with Gasteiger partial charge in [-0.3, -0.25) is 19.1 Å². The number of carbonyl (C=O) groups is 4. The Morgan fingerprint density at radius 3 is 2.81 bits per heavy atom. The maximum Gasteiger partial charge on any atom is 0.412 e. The van der Waals surface area contributed by atoms with Crippen LogP contribution in [-0.4, -0.2) is 68.6 Å². The molecule has 2 aromatic heterocycles. The average Bonchev–Trinajstić information content (AvgIpc) is 3.30. The number of rotatable bonds is 5. The quantitative estimate of drug-likeness (QED) is 0.240. The first kappa shape index (κ1) is 29.0. The standard InChI is InChI=1S/C30H31BrN6O6/c1-16-6-7-23(31)33-27(16)34-28(40)21-12-30(3)13-22(30)37(21)24(39)14-36-26-18-10-19(11-20(26)25(35-36)17(2)38)43-29(41)32-8-4-5-9-42-15-18/h4-7,10-11,21-22H,8-9,12-15H2,1-3H3,(H,32,41)(H,33,34,40)/b5-4-/t21-,22+,30-/m0/s1. The molecule has 43 heavy (non-hydrogen) atoms. The van der Waals surface area contributed by atoms with Crippen LogP contribution in [0.15, 0.2) is 41.0 Å². The number of anilines is 1. The topological polar surface area (TPSA) is 145 Å². The van der Waals surface area contributed by atoms with Gasteiger partial charge >= 0.3 is 6.09 Å². The molecule has 3 aliphatic rings. The fraction of sp³-hybridized carbons (Fsp3) is 0.400. The number of ether oxygens (including phenoxy) is 2. The van der Waals surface area contributed by atoms with Crippen molar-refractivity contribution in [3.8, 4) is 5.75 Å². The minimum atomic E-state index is -0.677. The van der Waals surface area contributed by atoms with Crippen molar-refractivity contribution in [1.82, 2.24) is 25.0 Å². The Hall–Kier alpha value is -4.10. The van der Waals surface area contributed by atoms with Crippen LogP contribution in [0.4, 0.5) is 10.6 Å². The molecule has 1 saturated heterocycles. The molecule has 13 heteroatoms. The Kier molecular flexibility index (Phi) is 7.55. The largest absolute Gasteiger partial charge is 0.412 e. The second kappa shape index (κ2) is 11.2. The number of piperidine rings is 1. The van der Waals surface area contributed by atoms with Crippen LogP contribution in [-0.2, 0) is 27.5 Å². The van der Waals surface area contributed by atoms with Gasteiger partial charge in [-0.1, -0.05) is 25.1 Å². The van der Waals surface area contributed by atoms with Crippen molar-refractivity contribution < 1.29 is 28.7 Å². The molecule has 3 aromatic rings. The Morgan fingerprint density at radius 2 is 2.02 bits per heavy atom. The lowest BCUT2D eigenvalue weighted by molar-refractivity contribution is -0.138. The molecule has 0 radical (unpaired) electrons. The fourth-order valence-corrected chi connectivity index (χ4v) is 6.30. The van der Waals surface area contributed by atoms with Gasteiger partial charge in [0.2, 0.25) is 11.8 Å². The number of likely N-dealkylation sites (tertiary alicyclic amines) is 1. The van der Waals surface area contributed by atoms with Crippen LogP contribution in [0.1, 0.15) is 48.3 Å². The molecular weight excluding hydrogens is 620 g/mol. The summed E-state index contributed by atoms with van der Waals surface area (Å²) in [6.45, 7) is 5.85. The van der Waals surface area contributed by atoms with Crippen LogP contribution < -0.4 is 15.4 Å². The number of Topliss-reactive ketones (excluding diaryl/α,β-unsaturated/α-hetero) is 1. The lowest BCUT2D eigenvalue weighted by Crippen LogP contribution is -2.47. The molecule has 0 spiro atoms. The first-order valence-corrected chi connectivity index (χ1v) is 14.8. The summed E-state index contributed by atoms with van der Waals surface area (Å²) in [7, 11) is 0. The highest BCUT2D eigenvalue weighted by Crippen LogP contribution is 2.59. The molecular formula is C30H31BrN6O6. The molecule has 1 aromatic carbocycles. The normalized spacial score (nSPS) is 23.8. The van der Waals surface area contributed by atoms with E-state index in [2.05, 4.69) is 43.6 Å². The Morgan fingerprint density at radius 1 is 1.21 bits per heavy atom. The van der Waals surface area contributed by atoms with E-state index >= 15 is 0 Å². The first-order valence-electron chi connectivity index (χ1n) is 14.0. The third kappa shape index (κ3) is 5.66. The number of benzene rings is 1. The Labute approximate surface area is 255 Å². The van der Waals surface area contributed by atoms with Gasteiger partial charge in [-0.2, -0.15) is 5.10 Å². The van der Waals surface area contributed by atoms with Gasteiger partial charge in [0.15, 0.2) is 5.78 Å². The van der Waals surface area contributed by atoms with Gasteiger partial charge in [-0.15, -0.1) is 0 Å². The molecule has 2 bridgehead atoms. The lowest BCUT2D eigenvalue weighted by Gasteiger charge is -2.27. The van der Waals surface area contributed by atoms with Crippen molar-refractivity contribution >= 4 is 56.3 Å². The molecule has 3 atom stereocenters. The predicted molar refractivity (Wildman–Crippen MR) is 160 cm³/mol. The number of nitrogens with zero attached hydrogens (tertiary/aromatic N) is 4. The molecule has 224 valence electrons. The zero-order valence-electron chi connectivity index (χ0n) is 24.0. The third-order valence-corrected chi connectivity index (χ3v) is 8.70. The molecule has 2 N–H and O–H groups in total. The van der Waals surface area contributed by atoms with Gasteiger partial charge in [0.05, 0.1) is 18.7 Å². The zero-order valence-corrected chi connectivity index (χ0v) is 25.6. The summed E-state index contributed by atoms with van der Waals surface area (Å²) >= 11 is 3.35. The van der Waals surface area contributed by atoms with E-state index in [1.807, 2.05) is 13.0 Å². The summed E-state index contributed by atoms with van der Waals surface area (Å²) in [5.41, 5.74) is 1.94. The highest BCUT2D eigenvalue weighted by molar-refractivity contribution is 9.10. The number of aryl methyl sites for hydroxylation is 1. The lowest BCUT2D eigenvalue weighted by atomic mass is 10.0. The number of carbonyl (C=O) groups excluding carboxylic acids is 4. The van der Waals surface area contributed by atoms with Crippen LogP contribution in [0, 0.1) is 12.3 Å². The van der Waals surface area contributed by atoms with E-state index in [4.69, 9.17) is 9.47 Å². The van der Waals surface area contributed by atoms with E-state index in [0.717, 1.165) is 12.0 Å². The van der Waals surface area contributed by atoms with Crippen molar-refractivity contribution in [2.75, 3.05) is 18.5 Å². The highest BCUT2D eigenvalue weighted by Gasteiger charge is 2.64. The summed E-state index contributed by atoms with van der Waals surface area (Å²) < 4.78 is 13.4. The van der Waals surface area contributed by atoms with Crippen LogP contribution in [0.2, 0.25) is 0 Å². The molecule has 1 aliphatic carbocycles. The minimum absolute atomic E-state index is 0.0694. The van der Waals surface area contributed by atoms with E-state index in [1.165, 1.54) is 11.6 Å². The maximum atomic E-state index is 14.0. The van der Waals surface area contributed by atoms with Gasteiger partial charge in [0, 0.05) is 30.5 Å². The predicted octanol–water partition coefficient (Wildman–Crippen LogP) is 3.90. The van der Waals surface area contributed by atoms with E-state index in [1.54, 1.807) is 35.3 Å². The smallest absolute Gasteiger partial charge is 0.410 e. The van der Waals surface area contributed by atoms with Gasteiger partial charge < -0.3 is 25.0 Å². The summed E-state index contributed by atoms with van der Waals surface area (Å²) in [4.78, 5) is 58.5. The first-order chi connectivity index (χ1) is 20.5. The molecule has 3 amide bonds. The molecule has 1 saturated carbocycles. The second-order valence-electron chi connectivity index (χ2n) is 11.5. The third-order valence-electron chi connectivity index (χ3n) is 8.26. The number of fused-ring (bicyclic) bond motifs is 5. The maximum absolute atomic E-state index is 14.0. The molecule has 2 fully saturated rings. The number of ketones is 1. The Bertz CT molecular complexity index is 1700. The van der Waals surface area contributed by atoms with Crippen LogP contribution >= 0.6 is 15.9 Å². The second-order valence-corrected chi connectivity index (χ2v) is 12.3. The summed E-state index contributed by atoms with van der Waals surface area (Å²) in [5, 5.41) is 10.5. The number of hydrogen-bond acceptors (Lipinski definition) is 8. The van der Waals surface area contributed by atoms with E-state index in [0.29, 0.717) is 39.9 Å². The number of aromatic nitrogens is 3. The van der Waals surface area contributed by atoms with Crippen molar-refractivity contribution in [2.24, 2.45) is 5.41 Å². The number of nitrogens with one attached hydrogen (secondary N) is 2. The summed E-state index contributed by atoms with van der Waals surface area (Å²) in [6, 6.07) is 6.12. The summed E-state index contributed by atoms with van der Waals surface area (Å²) in [5.74, 6) is -0.225. The van der Waals surface area contributed by atoms with Crippen molar-refractivity contribution in [1.29, 1.82) is 0 Å². The zero-order chi connectivity index (χ0) is 30.5. The number of pyridine rings is 1. The Balaban J connectivity index is 1.33. The summed E-state index contributed by atoms with van der Waals surface area (Å²) in [6.07, 6.45) is 4.25. The van der Waals surface area contributed by atoms with Crippen molar-refractivity contribution in [3.63, 3.8) is 0 Å². The van der Waals surface area contributed by atoms with Gasteiger partial charge in [-0.05, 0) is 64.9 Å². The molecule has 0 unspecified atom stereocenters. The van der Waals surface area contributed by atoms with Gasteiger partial charge in [-0.25, -0.2) is 9.78 Å². The van der Waals surface area contributed by atoms with Gasteiger partial charge in [0.25, 0.3) is 0 Å². The van der Waals surface area contributed by atoms with Crippen LogP contribution in [0.25, 0.3) is 10.9 Å². The van der Waals surface area contributed by atoms with Crippen LogP contribution in [0.5, 0.6) is 5.75 Å². The van der Waals surface area contributed by atoms with E-state index in [9.17, 15) is 19.2 Å². The molecule has 2 aliphatic heterocycles. The fourth-order valence-electron chi connectivity index (χ4n) is 5.99. The number of amides is 3. The van der Waals surface area contributed by atoms with Crippen molar-refractivity contribution in [2.45, 2.75) is 58.8 Å². The number of hydrogen-bond donors (Lipinski definition) is 2. The van der Waals surface area contributed by atoms with E-state index < -0.39 is 12.1 Å². The monoisotopic (exact) mass is 650 g/mol. The average molecular weight is 652 g/mol.